The third-order valence-electron chi connectivity index (χ3n) is 4.44. The Hall–Kier alpha value is -2.48. The number of benzene rings is 1. The molecule has 4 rings (SSSR count). The number of carbonyl (C=O) groups excluding carboxylic acids is 1. The lowest BCUT2D eigenvalue weighted by Crippen LogP contribution is -2.49. The van der Waals surface area contributed by atoms with Gasteiger partial charge >= 0.3 is 0 Å². The van der Waals surface area contributed by atoms with E-state index in [9.17, 15) is 4.79 Å². The molecule has 0 aliphatic carbocycles. The summed E-state index contributed by atoms with van der Waals surface area (Å²) >= 11 is 1.59. The summed E-state index contributed by atoms with van der Waals surface area (Å²) in [4.78, 5) is 16.7. The second kappa shape index (κ2) is 6.44. The molecule has 1 aliphatic heterocycles. The Morgan fingerprint density at radius 1 is 1.20 bits per heavy atom. The van der Waals surface area contributed by atoms with E-state index >= 15 is 0 Å². The number of hydrogen-bond acceptors (Lipinski definition) is 7. The summed E-state index contributed by atoms with van der Waals surface area (Å²) in [5.41, 5.74) is 2.57. The van der Waals surface area contributed by atoms with Crippen molar-refractivity contribution in [2.75, 3.05) is 31.1 Å². The summed E-state index contributed by atoms with van der Waals surface area (Å²) in [5.74, 6) is 0.0878. The number of aryl methyl sites for hydroxylation is 2. The summed E-state index contributed by atoms with van der Waals surface area (Å²) < 4.78 is 5.33. The normalized spacial score (nSPS) is 15.1. The first-order chi connectivity index (χ1) is 12.1. The number of carbonyl (C=O) groups is 1. The fourth-order valence-electron chi connectivity index (χ4n) is 3.05. The Bertz CT molecular complexity index is 911. The van der Waals surface area contributed by atoms with Crippen molar-refractivity contribution in [3.8, 4) is 0 Å². The Morgan fingerprint density at radius 3 is 2.72 bits per heavy atom. The number of hydrogen-bond donors (Lipinski definition) is 0. The number of nitrogens with zero attached hydrogens (tertiary/aromatic N) is 5. The Kier molecular flexibility index (Phi) is 4.12. The van der Waals surface area contributed by atoms with Crippen molar-refractivity contribution in [3.63, 3.8) is 0 Å². The van der Waals surface area contributed by atoms with Gasteiger partial charge < -0.3 is 14.3 Å². The predicted octanol–water partition coefficient (Wildman–Crippen LogP) is 2.19. The van der Waals surface area contributed by atoms with Crippen LogP contribution in [0.15, 0.2) is 22.7 Å². The van der Waals surface area contributed by atoms with Crippen LogP contribution in [0, 0.1) is 13.8 Å². The third kappa shape index (κ3) is 3.21. The molecule has 0 unspecified atom stereocenters. The number of anilines is 1. The summed E-state index contributed by atoms with van der Waals surface area (Å²) in [5, 5.41) is 15.1. The van der Waals surface area contributed by atoms with Gasteiger partial charge in [-0.3, -0.25) is 4.79 Å². The van der Waals surface area contributed by atoms with Gasteiger partial charge in [0.25, 0.3) is 0 Å². The van der Waals surface area contributed by atoms with Crippen LogP contribution in [0.25, 0.3) is 11.0 Å². The van der Waals surface area contributed by atoms with Crippen molar-refractivity contribution in [2.24, 2.45) is 0 Å². The van der Waals surface area contributed by atoms with E-state index in [4.69, 9.17) is 4.52 Å². The minimum atomic E-state index is 0.0878. The van der Waals surface area contributed by atoms with Gasteiger partial charge in [-0.25, -0.2) is 0 Å². The summed E-state index contributed by atoms with van der Waals surface area (Å²) in [6, 6.07) is 5.90. The number of amides is 1. The third-order valence-corrected chi connectivity index (χ3v) is 5.34. The average Bonchev–Trinajstić information content (AvgIpc) is 3.22. The second-order valence-electron chi connectivity index (χ2n) is 6.28. The first-order valence-electron chi connectivity index (χ1n) is 8.28. The maximum atomic E-state index is 12.6. The molecule has 3 heterocycles. The monoisotopic (exact) mass is 357 g/mol. The Labute approximate surface area is 149 Å². The second-order valence-corrected chi connectivity index (χ2v) is 7.44. The zero-order chi connectivity index (χ0) is 17.4. The maximum absolute atomic E-state index is 12.6. The number of rotatable bonds is 3. The quantitative estimate of drug-likeness (QED) is 0.715. The van der Waals surface area contributed by atoms with Gasteiger partial charge in [0.05, 0.1) is 6.42 Å². The molecule has 0 N–H and O–H groups in total. The average molecular weight is 357 g/mol. The fourth-order valence-corrected chi connectivity index (χ4v) is 3.79. The maximum Gasteiger partial charge on any atom is 0.228 e. The van der Waals surface area contributed by atoms with Crippen molar-refractivity contribution in [3.05, 3.63) is 34.5 Å². The lowest BCUT2D eigenvalue weighted by atomic mass is 10.1. The molecule has 1 amide bonds. The lowest BCUT2D eigenvalue weighted by Gasteiger charge is -2.34. The van der Waals surface area contributed by atoms with E-state index in [-0.39, 0.29) is 12.3 Å². The Morgan fingerprint density at radius 2 is 2.00 bits per heavy atom. The molecule has 1 fully saturated rings. The summed E-state index contributed by atoms with van der Waals surface area (Å²) in [7, 11) is 0. The molecule has 0 saturated carbocycles. The van der Waals surface area contributed by atoms with E-state index in [0.29, 0.717) is 18.8 Å². The SMILES string of the molecule is Cc1ccc2onc(CC(=O)N3CCN(c4nnc(C)s4)CC3)c2c1. The van der Waals surface area contributed by atoms with Crippen LogP contribution in [0.2, 0.25) is 0 Å². The fraction of sp³-hybridized carbons (Fsp3) is 0.412. The van der Waals surface area contributed by atoms with Crippen molar-refractivity contribution in [1.29, 1.82) is 0 Å². The van der Waals surface area contributed by atoms with E-state index in [1.807, 2.05) is 36.9 Å². The van der Waals surface area contributed by atoms with Crippen LogP contribution in [0.4, 0.5) is 5.13 Å². The van der Waals surface area contributed by atoms with Crippen molar-refractivity contribution < 1.29 is 9.32 Å². The lowest BCUT2D eigenvalue weighted by molar-refractivity contribution is -0.130. The van der Waals surface area contributed by atoms with Crippen molar-refractivity contribution in [1.82, 2.24) is 20.3 Å². The van der Waals surface area contributed by atoms with Crippen LogP contribution in [0.1, 0.15) is 16.3 Å². The zero-order valence-corrected chi connectivity index (χ0v) is 15.0. The van der Waals surface area contributed by atoms with Crippen LogP contribution in [-0.2, 0) is 11.2 Å². The zero-order valence-electron chi connectivity index (χ0n) is 14.2. The summed E-state index contributed by atoms with van der Waals surface area (Å²) in [6.45, 7) is 6.90. The standard InChI is InChI=1S/C17H19N5O2S/c1-11-3-4-15-13(9-11)14(20-24-15)10-16(23)21-5-7-22(8-6-21)17-19-18-12(2)25-17/h3-4,9H,5-8,10H2,1-2H3. The van der Waals surface area contributed by atoms with E-state index in [1.165, 1.54) is 0 Å². The first-order valence-corrected chi connectivity index (χ1v) is 9.09. The van der Waals surface area contributed by atoms with Crippen LogP contribution in [0.5, 0.6) is 0 Å². The highest BCUT2D eigenvalue weighted by Crippen LogP contribution is 2.23. The van der Waals surface area contributed by atoms with E-state index in [1.54, 1.807) is 11.3 Å². The van der Waals surface area contributed by atoms with Crippen LogP contribution in [-0.4, -0.2) is 52.3 Å². The van der Waals surface area contributed by atoms with E-state index in [0.717, 1.165) is 39.8 Å². The Balaban J connectivity index is 1.41. The van der Waals surface area contributed by atoms with Gasteiger partial charge in [-0.05, 0) is 26.0 Å². The molecule has 2 aromatic heterocycles. The largest absolute Gasteiger partial charge is 0.356 e. The molecule has 0 bridgehead atoms. The minimum absolute atomic E-state index is 0.0878. The van der Waals surface area contributed by atoms with Gasteiger partial charge in [-0.15, -0.1) is 10.2 Å². The molecule has 25 heavy (non-hydrogen) atoms. The van der Waals surface area contributed by atoms with E-state index in [2.05, 4.69) is 20.3 Å². The molecule has 130 valence electrons. The molecule has 1 saturated heterocycles. The van der Waals surface area contributed by atoms with Gasteiger partial charge in [0.1, 0.15) is 10.7 Å². The highest BCUT2D eigenvalue weighted by atomic mass is 32.1. The van der Waals surface area contributed by atoms with Crippen molar-refractivity contribution >= 4 is 33.3 Å². The van der Waals surface area contributed by atoms with Crippen LogP contribution < -0.4 is 4.90 Å². The molecule has 0 spiro atoms. The smallest absolute Gasteiger partial charge is 0.228 e. The molecule has 1 aliphatic rings. The minimum Gasteiger partial charge on any atom is -0.356 e. The first kappa shape index (κ1) is 16.0. The molecule has 0 radical (unpaired) electrons. The van der Waals surface area contributed by atoms with Crippen LogP contribution >= 0.6 is 11.3 Å². The topological polar surface area (TPSA) is 75.4 Å². The number of fused-ring (bicyclic) bond motifs is 1. The highest BCUT2D eigenvalue weighted by Gasteiger charge is 2.24. The molecule has 0 atom stereocenters. The molecule has 7 nitrogen and oxygen atoms in total. The number of aromatic nitrogens is 3. The molecular weight excluding hydrogens is 338 g/mol. The van der Waals surface area contributed by atoms with Crippen LogP contribution in [0.3, 0.4) is 0 Å². The van der Waals surface area contributed by atoms with E-state index < -0.39 is 0 Å². The highest BCUT2D eigenvalue weighted by molar-refractivity contribution is 7.15. The predicted molar refractivity (Wildman–Crippen MR) is 95.9 cm³/mol. The van der Waals surface area contributed by atoms with Gasteiger partial charge in [-0.2, -0.15) is 0 Å². The molecule has 8 heteroatoms. The van der Waals surface area contributed by atoms with Gasteiger partial charge in [0.15, 0.2) is 5.58 Å². The van der Waals surface area contributed by atoms with Gasteiger partial charge in [0.2, 0.25) is 11.0 Å². The number of piperazine rings is 1. The van der Waals surface area contributed by atoms with Crippen molar-refractivity contribution in [2.45, 2.75) is 20.3 Å². The van der Waals surface area contributed by atoms with Gasteiger partial charge in [0, 0.05) is 31.6 Å². The van der Waals surface area contributed by atoms with Gasteiger partial charge in [-0.1, -0.05) is 28.1 Å². The summed E-state index contributed by atoms with van der Waals surface area (Å²) in [6.07, 6.45) is 0.272. The molecule has 3 aromatic rings. The molecular formula is C17H19N5O2S. The molecule has 1 aromatic carbocycles.